The quantitative estimate of drug-likeness (QED) is 0.00720. The SMILES string of the molecule is C.CC.CC(=O)OCC1O[C@@H](OCCCCCC(=O)Oc2c(F)c(F)c(F)c(F)c2F)C(C)[C@@H](C)[C@H]1OC(C)=O.COCCCCCCNC(=O)CCCCCO[C@@H]1OC(CO)[C@H](O)[C@H](O)C1C.COP(=O)(O)OCCCCCCN. The van der Waals surface area contributed by atoms with Crippen LogP contribution in [0.3, 0.4) is 0 Å². The molecule has 0 bridgehead atoms. The Morgan fingerprint density at radius 2 is 1.14 bits per heavy atom. The van der Waals surface area contributed by atoms with Gasteiger partial charge in [0.2, 0.25) is 40.7 Å². The van der Waals surface area contributed by atoms with Gasteiger partial charge in [0.1, 0.15) is 31.0 Å². The number of hydrogen-bond acceptors (Lipinski definition) is 19. The minimum absolute atomic E-state index is 0. The molecule has 27 heteroatoms. The van der Waals surface area contributed by atoms with Gasteiger partial charge in [0.05, 0.1) is 19.3 Å². The number of nitrogens with two attached hydrogens (primary N) is 1. The molecule has 11 atom stereocenters. The molecule has 2 aliphatic rings. The number of nitrogens with one attached hydrogen (secondary N) is 1. The minimum atomic E-state index is -3.75. The van der Waals surface area contributed by atoms with Crippen molar-refractivity contribution in [1.29, 1.82) is 0 Å². The van der Waals surface area contributed by atoms with E-state index in [1.54, 1.807) is 14.0 Å². The predicted octanol–water partition coefficient (Wildman–Crippen LogP) is 8.25. The van der Waals surface area contributed by atoms with Gasteiger partial charge in [-0.3, -0.25) is 28.2 Å². The summed E-state index contributed by atoms with van der Waals surface area (Å²) in [7, 11) is -0.898. The second-order valence-corrected chi connectivity index (χ2v) is 20.4. The number of phosphoric acid groups is 1. The molecule has 7 N–H and O–H groups in total. The van der Waals surface area contributed by atoms with Gasteiger partial charge < -0.3 is 69.2 Å². The topological polar surface area (TPSA) is 297 Å². The largest absolute Gasteiger partial charge is 0.471 e. The number of phosphoric ester groups is 1. The van der Waals surface area contributed by atoms with Crippen LogP contribution in [-0.2, 0) is 65.9 Å². The lowest BCUT2D eigenvalue weighted by molar-refractivity contribution is -0.282. The van der Waals surface area contributed by atoms with Crippen molar-refractivity contribution < 1.29 is 113 Å². The van der Waals surface area contributed by atoms with E-state index >= 15 is 0 Å². The summed E-state index contributed by atoms with van der Waals surface area (Å²) in [5, 5.41) is 32.0. The van der Waals surface area contributed by atoms with Crippen LogP contribution in [0.4, 0.5) is 22.0 Å². The summed E-state index contributed by atoms with van der Waals surface area (Å²) in [4.78, 5) is 55.1. The van der Waals surface area contributed by atoms with Crippen molar-refractivity contribution in [2.24, 2.45) is 23.5 Å². The second-order valence-electron chi connectivity index (χ2n) is 18.9. The zero-order chi connectivity index (χ0) is 60.8. The summed E-state index contributed by atoms with van der Waals surface area (Å²) in [6.45, 7) is 14.6. The molecule has 0 radical (unpaired) electrons. The number of rotatable bonds is 34. The van der Waals surface area contributed by atoms with Crippen molar-refractivity contribution in [3.63, 3.8) is 0 Å². The normalized spacial score (nSPS) is 22.9. The summed E-state index contributed by atoms with van der Waals surface area (Å²) in [6.07, 6.45) is 6.05. The average molecular weight is 1200 g/mol. The third-order valence-electron chi connectivity index (χ3n) is 12.6. The predicted molar refractivity (Wildman–Crippen MR) is 289 cm³/mol. The van der Waals surface area contributed by atoms with E-state index in [4.69, 9.17) is 43.8 Å². The van der Waals surface area contributed by atoms with Crippen LogP contribution in [-0.4, -0.2) is 154 Å². The Balaban J connectivity index is 0. The van der Waals surface area contributed by atoms with E-state index in [0.29, 0.717) is 32.4 Å². The molecule has 2 fully saturated rings. The van der Waals surface area contributed by atoms with Gasteiger partial charge in [0, 0.05) is 85.0 Å². The highest BCUT2D eigenvalue weighted by Crippen LogP contribution is 2.42. The molecule has 2 aliphatic heterocycles. The van der Waals surface area contributed by atoms with E-state index < -0.39 is 104 Å². The molecule has 2 saturated heterocycles. The Bertz CT molecular complexity index is 1900. The molecule has 1 aromatic rings. The molecule has 1 amide bonds. The highest BCUT2D eigenvalue weighted by Gasteiger charge is 2.45. The molecule has 81 heavy (non-hydrogen) atoms. The Kier molecular flexibility index (Phi) is 45.1. The molecule has 0 spiro atoms. The third kappa shape index (κ3) is 32.4. The lowest BCUT2D eigenvalue weighted by atomic mass is 9.84. The second kappa shape index (κ2) is 45.9. The van der Waals surface area contributed by atoms with Crippen LogP contribution in [0.15, 0.2) is 0 Å². The van der Waals surface area contributed by atoms with Crippen molar-refractivity contribution in [3.8, 4) is 5.75 Å². The van der Waals surface area contributed by atoms with E-state index in [0.717, 1.165) is 90.9 Å². The molecule has 21 nitrogen and oxygen atoms in total. The van der Waals surface area contributed by atoms with Crippen LogP contribution in [0.5, 0.6) is 5.75 Å². The molecule has 3 rings (SSSR count). The zero-order valence-electron chi connectivity index (χ0n) is 48.1. The van der Waals surface area contributed by atoms with Crippen LogP contribution < -0.4 is 15.8 Å². The first-order valence-electron chi connectivity index (χ1n) is 27.5. The molecule has 476 valence electrons. The van der Waals surface area contributed by atoms with E-state index in [1.807, 2.05) is 27.7 Å². The van der Waals surface area contributed by atoms with Crippen LogP contribution in [0.2, 0.25) is 0 Å². The molecular weight excluding hydrogens is 1110 g/mol. The summed E-state index contributed by atoms with van der Waals surface area (Å²) in [5.74, 6) is -15.7. The van der Waals surface area contributed by atoms with E-state index in [1.165, 1.54) is 13.8 Å². The molecule has 0 aliphatic carbocycles. The standard InChI is InChI=1S/C24H29F5O8.C20H39NO7.C7H18NO4P.C2H6.CH4/c1-11-12(2)24(36-15(10-34-13(3)30)22(11)35-14(4)31)33-9-7-5-6-8-16(32)37-23-20(28)18(26)17(25)19(27)21(23)29;1-15-18(24)19(25)16(14-22)28-20(15)27-13-9-5-6-10-17(23)21-11-7-3-4-8-12-26-2;1-11-13(9,10)12-7-5-3-2-4-6-8;1-2;/h11-12,15,22,24H,5-10H2,1-4H3;15-16,18-20,22,24-25H,3-14H2,1-2H3,(H,21,23);2-8H2,1H3,(H,9,10);1-2H3;1H4/t11-,12?,15?,22-,24-;15?,16?,18-,19+,20-;;;/m11.../s1. The fraction of sp³-hybridized carbons (Fsp3) is 0.815. The minimum Gasteiger partial charge on any atom is -0.463 e. The van der Waals surface area contributed by atoms with Crippen LogP contribution in [0.1, 0.15) is 159 Å². The molecule has 0 aromatic heterocycles. The fourth-order valence-corrected chi connectivity index (χ4v) is 8.26. The van der Waals surface area contributed by atoms with Gasteiger partial charge in [0.25, 0.3) is 0 Å². The first-order valence-corrected chi connectivity index (χ1v) is 29.0. The van der Waals surface area contributed by atoms with Gasteiger partial charge in [-0.15, -0.1) is 0 Å². The van der Waals surface area contributed by atoms with E-state index in [9.17, 15) is 61.0 Å². The maximum absolute atomic E-state index is 13.6. The highest BCUT2D eigenvalue weighted by molar-refractivity contribution is 7.47. The number of aliphatic hydroxyl groups excluding tert-OH is 3. The molecule has 0 saturated carbocycles. The fourth-order valence-electron chi connectivity index (χ4n) is 7.79. The Labute approximate surface area is 475 Å². The first kappa shape index (κ1) is 79.6. The molecular formula is C54H96F5N2O19P. The van der Waals surface area contributed by atoms with Crippen LogP contribution in [0, 0.1) is 46.8 Å². The molecule has 2 heterocycles. The Morgan fingerprint density at radius 1 is 0.642 bits per heavy atom. The number of methoxy groups -OCH3 is 1. The number of carbonyl (C=O) groups excluding carboxylic acids is 4. The lowest BCUT2D eigenvalue weighted by Gasteiger charge is -2.43. The summed E-state index contributed by atoms with van der Waals surface area (Å²) >= 11 is 0. The monoisotopic (exact) mass is 1200 g/mol. The van der Waals surface area contributed by atoms with E-state index in [-0.39, 0.29) is 70.4 Å². The van der Waals surface area contributed by atoms with Gasteiger partial charge in [-0.05, 0) is 57.9 Å². The number of halogens is 5. The number of esters is 3. The van der Waals surface area contributed by atoms with E-state index in [2.05, 4.69) is 19.1 Å². The summed E-state index contributed by atoms with van der Waals surface area (Å²) in [6, 6.07) is 0. The smallest absolute Gasteiger partial charge is 0.463 e. The highest BCUT2D eigenvalue weighted by atomic mass is 31.2. The van der Waals surface area contributed by atoms with Crippen molar-refractivity contribution in [1.82, 2.24) is 5.32 Å². The Morgan fingerprint density at radius 3 is 1.67 bits per heavy atom. The first-order chi connectivity index (χ1) is 38.0. The van der Waals surface area contributed by atoms with Crippen LogP contribution in [0.25, 0.3) is 0 Å². The maximum atomic E-state index is 13.6. The molecule has 1 aromatic carbocycles. The number of hydrogen-bond donors (Lipinski definition) is 6. The lowest BCUT2D eigenvalue weighted by Crippen LogP contribution is -2.55. The van der Waals surface area contributed by atoms with Gasteiger partial charge in [-0.25, -0.2) is 17.7 Å². The number of amides is 1. The number of aliphatic hydroxyl groups is 3. The maximum Gasteiger partial charge on any atom is 0.471 e. The average Bonchev–Trinajstić information content (AvgIpc) is 3.45. The third-order valence-corrected chi connectivity index (χ3v) is 13.6. The zero-order valence-corrected chi connectivity index (χ0v) is 49.0. The van der Waals surface area contributed by atoms with Crippen molar-refractivity contribution in [2.75, 3.05) is 67.0 Å². The Hall–Kier alpha value is -3.50. The summed E-state index contributed by atoms with van der Waals surface area (Å²) in [5.41, 5.74) is 5.30. The van der Waals surface area contributed by atoms with Crippen molar-refractivity contribution >= 4 is 31.6 Å². The van der Waals surface area contributed by atoms with Gasteiger partial charge >= 0.3 is 25.7 Å². The summed E-state index contributed by atoms with van der Waals surface area (Å²) < 4.78 is 129. The van der Waals surface area contributed by atoms with Crippen molar-refractivity contribution in [2.45, 2.75) is 202 Å². The van der Waals surface area contributed by atoms with Gasteiger partial charge in [0.15, 0.2) is 12.6 Å². The van der Waals surface area contributed by atoms with Gasteiger partial charge in [-0.2, -0.15) is 8.78 Å². The number of ether oxygens (including phenoxy) is 8. The molecule has 5 unspecified atom stereocenters. The van der Waals surface area contributed by atoms with Gasteiger partial charge in [-0.1, -0.05) is 80.6 Å². The number of benzene rings is 1. The van der Waals surface area contributed by atoms with Crippen LogP contribution >= 0.6 is 7.82 Å². The van der Waals surface area contributed by atoms with Crippen molar-refractivity contribution in [3.05, 3.63) is 29.1 Å². The number of unbranched alkanes of at least 4 members (excludes halogenated alkanes) is 10. The number of carbonyl (C=O) groups is 4.